The molecule has 0 radical (unpaired) electrons. The number of sulfonamides is 1. The predicted molar refractivity (Wildman–Crippen MR) is 101 cm³/mol. The Hall–Kier alpha value is -2.07. The van der Waals surface area contributed by atoms with E-state index in [4.69, 9.17) is 5.73 Å². The van der Waals surface area contributed by atoms with E-state index in [2.05, 4.69) is 0 Å². The molecule has 1 fully saturated rings. The fourth-order valence-corrected chi connectivity index (χ4v) is 6.26. The maximum Gasteiger partial charge on any atom is 0.416 e. The molecule has 0 saturated heterocycles. The maximum absolute atomic E-state index is 13.4. The summed E-state index contributed by atoms with van der Waals surface area (Å²) in [6.07, 6.45) is -2.98. The van der Waals surface area contributed by atoms with Crippen LogP contribution in [-0.4, -0.2) is 20.4 Å². The number of benzene rings is 1. The summed E-state index contributed by atoms with van der Waals surface area (Å²) in [4.78, 5) is 11.8. The van der Waals surface area contributed by atoms with Crippen LogP contribution < -0.4 is 10.0 Å². The summed E-state index contributed by atoms with van der Waals surface area (Å²) in [6.45, 7) is 3.22. The molecule has 0 bridgehead atoms. The van der Waals surface area contributed by atoms with Crippen LogP contribution in [-0.2, 0) is 16.2 Å². The number of halogens is 3. The minimum atomic E-state index is -4.59. The Morgan fingerprint density at radius 3 is 2.43 bits per heavy atom. The quantitative estimate of drug-likeness (QED) is 0.744. The largest absolute Gasteiger partial charge is 0.416 e. The zero-order valence-corrected chi connectivity index (χ0v) is 16.8. The molecule has 1 amide bonds. The number of hydrogen-bond donors (Lipinski definition) is 1. The molecule has 1 aromatic carbocycles. The molecule has 28 heavy (non-hydrogen) atoms. The van der Waals surface area contributed by atoms with E-state index in [1.165, 1.54) is 25.1 Å². The number of primary amides is 1. The van der Waals surface area contributed by atoms with E-state index in [0.29, 0.717) is 4.88 Å². The third-order valence-electron chi connectivity index (χ3n) is 4.75. The summed E-state index contributed by atoms with van der Waals surface area (Å²) in [6, 6.07) is 4.95. The fourth-order valence-electron chi connectivity index (χ4n) is 3.13. The minimum absolute atomic E-state index is 0.0551. The highest BCUT2D eigenvalue weighted by molar-refractivity contribution is 7.93. The summed E-state index contributed by atoms with van der Waals surface area (Å²) < 4.78 is 67.4. The average molecular weight is 432 g/mol. The van der Waals surface area contributed by atoms with Gasteiger partial charge in [0.1, 0.15) is 4.90 Å². The van der Waals surface area contributed by atoms with Crippen molar-refractivity contribution in [1.82, 2.24) is 0 Å². The van der Waals surface area contributed by atoms with Crippen molar-refractivity contribution in [3.8, 4) is 0 Å². The van der Waals surface area contributed by atoms with Crippen LogP contribution in [0.5, 0.6) is 0 Å². The van der Waals surface area contributed by atoms with Crippen molar-refractivity contribution in [2.24, 2.45) is 11.7 Å². The molecule has 3 rings (SSSR count). The molecule has 0 spiro atoms. The lowest BCUT2D eigenvalue weighted by Gasteiger charge is -2.31. The zero-order chi connectivity index (χ0) is 20.9. The molecule has 1 aromatic heterocycles. The number of carbonyl (C=O) groups is 1. The van der Waals surface area contributed by atoms with Gasteiger partial charge in [0.05, 0.1) is 16.1 Å². The molecule has 0 aliphatic heterocycles. The second-order valence-corrected chi connectivity index (χ2v) is 9.86. The van der Waals surface area contributed by atoms with E-state index >= 15 is 0 Å². The van der Waals surface area contributed by atoms with Crippen molar-refractivity contribution in [2.75, 3.05) is 4.31 Å². The molecule has 1 heterocycles. The van der Waals surface area contributed by atoms with E-state index in [9.17, 15) is 26.4 Å². The van der Waals surface area contributed by atoms with E-state index in [0.717, 1.165) is 40.6 Å². The Labute approximate surface area is 165 Å². The van der Waals surface area contributed by atoms with Crippen LogP contribution in [0.2, 0.25) is 0 Å². The lowest BCUT2D eigenvalue weighted by molar-refractivity contribution is -0.137. The lowest BCUT2D eigenvalue weighted by Crippen LogP contribution is -2.40. The molecule has 1 aliphatic rings. The van der Waals surface area contributed by atoms with Crippen molar-refractivity contribution >= 4 is 33.0 Å². The first-order valence-corrected chi connectivity index (χ1v) is 10.8. The molecule has 10 heteroatoms. The lowest BCUT2D eigenvalue weighted by atomic mass is 10.1. The van der Waals surface area contributed by atoms with E-state index in [-0.39, 0.29) is 21.4 Å². The van der Waals surface area contributed by atoms with Crippen molar-refractivity contribution in [3.05, 3.63) is 45.6 Å². The highest BCUT2D eigenvalue weighted by atomic mass is 32.2. The van der Waals surface area contributed by atoms with Crippen molar-refractivity contribution < 1.29 is 26.4 Å². The molecule has 1 saturated carbocycles. The van der Waals surface area contributed by atoms with Gasteiger partial charge in [-0.3, -0.25) is 9.10 Å². The van der Waals surface area contributed by atoms with Crippen LogP contribution >= 0.6 is 11.3 Å². The third-order valence-corrected chi connectivity index (χ3v) is 7.99. The summed E-state index contributed by atoms with van der Waals surface area (Å²) in [7, 11) is -4.20. The standard InChI is InChI=1S/C18H19F3N2O3S2/c1-10(12-6-7-12)23(14-5-3-4-13(8-14)18(19,20)21)28(25,26)16-9-15(17(22)24)27-11(16)2/h3-5,8-10,12H,6-7H2,1-2H3,(H2,22,24). The van der Waals surface area contributed by atoms with E-state index in [1.54, 1.807) is 6.92 Å². The molecule has 2 N–H and O–H groups in total. The van der Waals surface area contributed by atoms with Gasteiger partial charge in [0.15, 0.2) is 0 Å². The molecule has 1 aliphatic carbocycles. The average Bonchev–Trinajstić information content (AvgIpc) is 3.36. The van der Waals surface area contributed by atoms with Crippen LogP contribution in [0.25, 0.3) is 0 Å². The number of alkyl halides is 3. The Bertz CT molecular complexity index is 1010. The number of hydrogen-bond acceptors (Lipinski definition) is 4. The van der Waals surface area contributed by atoms with Crippen LogP contribution in [0.3, 0.4) is 0 Å². The molecule has 152 valence electrons. The van der Waals surface area contributed by atoms with Crippen molar-refractivity contribution in [2.45, 2.75) is 43.8 Å². The topological polar surface area (TPSA) is 80.5 Å². The van der Waals surface area contributed by atoms with Gasteiger partial charge in [-0.15, -0.1) is 11.3 Å². The van der Waals surface area contributed by atoms with Crippen LogP contribution in [0, 0.1) is 12.8 Å². The van der Waals surface area contributed by atoms with Gasteiger partial charge in [0.25, 0.3) is 15.9 Å². The number of amides is 1. The molecule has 1 atom stereocenters. The summed E-state index contributed by atoms with van der Waals surface area (Å²) >= 11 is 0.945. The summed E-state index contributed by atoms with van der Waals surface area (Å²) in [5, 5.41) is 0. The second-order valence-electron chi connectivity index (χ2n) is 6.82. The van der Waals surface area contributed by atoms with Gasteiger partial charge >= 0.3 is 6.18 Å². The predicted octanol–water partition coefficient (Wildman–Crippen LogP) is 4.17. The van der Waals surface area contributed by atoms with Crippen LogP contribution in [0.15, 0.2) is 35.2 Å². The highest BCUT2D eigenvalue weighted by Crippen LogP contribution is 2.42. The van der Waals surface area contributed by atoms with Crippen LogP contribution in [0.1, 0.15) is 39.9 Å². The van der Waals surface area contributed by atoms with Gasteiger partial charge in [-0.25, -0.2) is 8.42 Å². The van der Waals surface area contributed by atoms with Gasteiger partial charge in [-0.05, 0) is 56.9 Å². The molecule has 1 unspecified atom stereocenters. The number of aryl methyl sites for hydroxylation is 1. The highest BCUT2D eigenvalue weighted by Gasteiger charge is 2.40. The number of nitrogens with zero attached hydrogens (tertiary/aromatic N) is 1. The Balaban J connectivity index is 2.14. The number of nitrogens with two attached hydrogens (primary N) is 1. The molecule has 2 aromatic rings. The van der Waals surface area contributed by atoms with Gasteiger partial charge in [0.2, 0.25) is 0 Å². The Morgan fingerprint density at radius 2 is 1.93 bits per heavy atom. The van der Waals surface area contributed by atoms with Gasteiger partial charge in [-0.2, -0.15) is 13.2 Å². The fraction of sp³-hybridized carbons (Fsp3) is 0.389. The number of carbonyl (C=O) groups excluding carboxylic acids is 1. The first kappa shape index (κ1) is 20.7. The molecular formula is C18H19F3N2O3S2. The monoisotopic (exact) mass is 432 g/mol. The van der Waals surface area contributed by atoms with Gasteiger partial charge in [-0.1, -0.05) is 6.07 Å². The zero-order valence-electron chi connectivity index (χ0n) is 15.2. The van der Waals surface area contributed by atoms with Gasteiger partial charge in [0, 0.05) is 10.9 Å². The summed E-state index contributed by atoms with van der Waals surface area (Å²) in [5.74, 6) is -0.686. The van der Waals surface area contributed by atoms with E-state index in [1.807, 2.05) is 0 Å². The first-order chi connectivity index (χ1) is 12.9. The Morgan fingerprint density at radius 1 is 1.29 bits per heavy atom. The van der Waals surface area contributed by atoms with Crippen LogP contribution in [0.4, 0.5) is 18.9 Å². The van der Waals surface area contributed by atoms with Crippen molar-refractivity contribution in [3.63, 3.8) is 0 Å². The smallest absolute Gasteiger partial charge is 0.365 e. The summed E-state index contributed by atoms with van der Waals surface area (Å²) in [5.41, 5.74) is 4.27. The number of rotatable bonds is 6. The van der Waals surface area contributed by atoms with Gasteiger partial charge < -0.3 is 5.73 Å². The normalized spacial score (nSPS) is 16.0. The van der Waals surface area contributed by atoms with Crippen molar-refractivity contribution in [1.29, 1.82) is 0 Å². The minimum Gasteiger partial charge on any atom is -0.365 e. The second kappa shape index (κ2) is 7.07. The number of anilines is 1. The number of thiophene rings is 1. The molecule has 5 nitrogen and oxygen atoms in total. The van der Waals surface area contributed by atoms with E-state index < -0.39 is 33.7 Å². The Kier molecular flexibility index (Phi) is 5.22. The maximum atomic E-state index is 13.4. The SMILES string of the molecule is Cc1sc(C(N)=O)cc1S(=O)(=O)N(c1cccc(C(F)(F)F)c1)C(C)C1CC1. The molecular weight excluding hydrogens is 413 g/mol. The first-order valence-electron chi connectivity index (χ1n) is 8.55. The third kappa shape index (κ3) is 3.88.